The minimum absolute atomic E-state index is 0.216. The number of hydrogen-bond acceptors (Lipinski definition) is 8. The zero-order valence-electron chi connectivity index (χ0n) is 27.6. The lowest BCUT2D eigenvalue weighted by atomic mass is 9.90. The van der Waals surface area contributed by atoms with Gasteiger partial charge in [-0.25, -0.2) is 4.98 Å². The summed E-state index contributed by atoms with van der Waals surface area (Å²) in [5.74, 6) is 0.959. The molecule has 12 nitrogen and oxygen atoms in total. The number of hydrogen-bond donors (Lipinski definition) is 2. The first kappa shape index (κ1) is 31.7. The zero-order valence-corrected chi connectivity index (χ0v) is 27.6. The molecule has 1 fully saturated rings. The lowest BCUT2D eigenvalue weighted by molar-refractivity contribution is -0.107. The minimum atomic E-state index is -0.330. The van der Waals surface area contributed by atoms with Crippen LogP contribution in [0, 0.1) is 12.3 Å². The van der Waals surface area contributed by atoms with Crippen LogP contribution in [0.4, 0.5) is 17.3 Å². The number of aliphatic hydroxyl groups is 1. The highest BCUT2D eigenvalue weighted by Crippen LogP contribution is 2.38. The van der Waals surface area contributed by atoms with Crippen LogP contribution in [0.1, 0.15) is 42.1 Å². The first-order valence-electron chi connectivity index (χ1n) is 15.8. The zero-order chi connectivity index (χ0) is 32.7. The molecule has 0 spiro atoms. The van der Waals surface area contributed by atoms with Crippen LogP contribution < -0.4 is 15.8 Å². The molecule has 2 N–H and O–H groups in total. The molecule has 2 aliphatic rings. The van der Waals surface area contributed by atoms with E-state index in [1.807, 2.05) is 17.8 Å². The van der Waals surface area contributed by atoms with Crippen LogP contribution in [0.25, 0.3) is 11.1 Å². The van der Waals surface area contributed by atoms with Crippen LogP contribution in [-0.2, 0) is 56.2 Å². The number of fused-ring (bicyclic) bond motifs is 1. The predicted octanol–water partition coefficient (Wildman–Crippen LogP) is 3.15. The molecule has 0 radical (unpaired) electrons. The largest absolute Gasteiger partial charge is 0.392 e. The molecule has 244 valence electrons. The second-order valence-electron chi connectivity index (χ2n) is 13.5. The Morgan fingerprint density at radius 1 is 1.20 bits per heavy atom. The lowest BCUT2D eigenvalue weighted by Crippen LogP contribution is -2.46. The molecule has 0 saturated carbocycles. The van der Waals surface area contributed by atoms with E-state index in [0.29, 0.717) is 59.7 Å². The fraction of sp³-hybridized carbons (Fsp3) is 0.471. The van der Waals surface area contributed by atoms with Crippen molar-refractivity contribution in [2.75, 3.05) is 37.0 Å². The molecule has 5 heterocycles. The molecule has 4 aromatic heterocycles. The fourth-order valence-corrected chi connectivity index (χ4v) is 6.74. The number of carbonyl (C=O) groups is 1. The van der Waals surface area contributed by atoms with Gasteiger partial charge in [0.05, 0.1) is 31.6 Å². The number of likely N-dealkylation sites (N-methyl/N-ethyl adjacent to an activating group) is 1. The molecule has 4 aromatic rings. The number of nitrogens with one attached hydrogen (secondary N) is 1. The van der Waals surface area contributed by atoms with Crippen molar-refractivity contribution in [1.82, 2.24) is 28.8 Å². The highest BCUT2D eigenvalue weighted by Gasteiger charge is 2.32. The third-order valence-corrected chi connectivity index (χ3v) is 9.36. The molecule has 1 aliphatic heterocycles. The third-order valence-electron chi connectivity index (χ3n) is 9.36. The number of rotatable bonds is 12. The molecule has 1 saturated heterocycles. The van der Waals surface area contributed by atoms with Gasteiger partial charge in [0.15, 0.2) is 5.82 Å². The second-order valence-corrected chi connectivity index (χ2v) is 13.5. The smallest absolute Gasteiger partial charge is 0.274 e. The van der Waals surface area contributed by atoms with Crippen molar-refractivity contribution in [2.24, 2.45) is 19.5 Å². The Morgan fingerprint density at radius 3 is 2.67 bits per heavy atom. The van der Waals surface area contributed by atoms with Crippen LogP contribution in [-0.4, -0.2) is 73.2 Å². The fourth-order valence-electron chi connectivity index (χ4n) is 6.74. The van der Waals surface area contributed by atoms with Crippen LogP contribution in [0.2, 0.25) is 0 Å². The van der Waals surface area contributed by atoms with Crippen molar-refractivity contribution >= 4 is 23.7 Å². The average Bonchev–Trinajstić information content (AvgIpc) is 3.57. The van der Waals surface area contributed by atoms with Crippen LogP contribution in [0.5, 0.6) is 0 Å². The van der Waals surface area contributed by atoms with Gasteiger partial charge in [-0.15, -0.1) is 0 Å². The van der Waals surface area contributed by atoms with Crippen molar-refractivity contribution in [3.05, 3.63) is 75.2 Å². The summed E-state index contributed by atoms with van der Waals surface area (Å²) in [5, 5.41) is 18.4. The quantitative estimate of drug-likeness (QED) is 0.230. The summed E-state index contributed by atoms with van der Waals surface area (Å²) >= 11 is 0. The molecule has 0 atom stereocenters. The summed E-state index contributed by atoms with van der Waals surface area (Å²) in [5.41, 5.74) is 7.16. The number of amides is 1. The molecule has 6 rings (SSSR count). The first-order chi connectivity index (χ1) is 22.0. The highest BCUT2D eigenvalue weighted by atomic mass is 16.5. The minimum Gasteiger partial charge on any atom is -0.392 e. The second kappa shape index (κ2) is 12.5. The van der Waals surface area contributed by atoms with E-state index in [1.165, 1.54) is 21.5 Å². The summed E-state index contributed by atoms with van der Waals surface area (Å²) < 4.78 is 10.9. The Labute approximate surface area is 269 Å². The Hall–Kier alpha value is -4.26. The van der Waals surface area contributed by atoms with Crippen molar-refractivity contribution in [3.8, 4) is 11.1 Å². The molecule has 1 aliphatic carbocycles. The summed E-state index contributed by atoms with van der Waals surface area (Å²) in [4.78, 5) is 34.0. The van der Waals surface area contributed by atoms with E-state index in [-0.39, 0.29) is 17.6 Å². The van der Waals surface area contributed by atoms with Crippen LogP contribution in [0.3, 0.4) is 0 Å². The molecular weight excluding hydrogens is 584 g/mol. The molecule has 46 heavy (non-hydrogen) atoms. The van der Waals surface area contributed by atoms with Gasteiger partial charge in [-0.2, -0.15) is 5.10 Å². The van der Waals surface area contributed by atoms with Crippen LogP contribution in [0.15, 0.2) is 41.5 Å². The third kappa shape index (κ3) is 6.12. The number of carbonyl (C=O) groups excluding carboxylic acids is 1. The van der Waals surface area contributed by atoms with Gasteiger partial charge < -0.3 is 24.3 Å². The lowest BCUT2D eigenvalue weighted by Gasteiger charge is -2.34. The van der Waals surface area contributed by atoms with Gasteiger partial charge in [-0.3, -0.25) is 24.1 Å². The summed E-state index contributed by atoms with van der Waals surface area (Å²) in [6.45, 7) is 9.53. The SMILES string of the molecule is Cc1cc2c(n1CCN(C=O)c1nccc(-c3cc(Nc4cc(CN(C)C5COC5)n(C)n4)c(=O)n(C)c3)c1CO)CC(C)(C)C2. The van der Waals surface area contributed by atoms with E-state index in [4.69, 9.17) is 4.74 Å². The Bertz CT molecular complexity index is 1820. The van der Waals surface area contributed by atoms with Crippen molar-refractivity contribution in [3.63, 3.8) is 0 Å². The number of nitrogens with zero attached hydrogens (tertiary/aromatic N) is 7. The van der Waals surface area contributed by atoms with E-state index in [0.717, 1.165) is 38.2 Å². The van der Waals surface area contributed by atoms with E-state index in [2.05, 4.69) is 58.8 Å². The first-order valence-corrected chi connectivity index (χ1v) is 15.8. The van der Waals surface area contributed by atoms with Crippen molar-refractivity contribution in [2.45, 2.75) is 59.4 Å². The molecular formula is C34H44N8O4. The average molecular weight is 629 g/mol. The highest BCUT2D eigenvalue weighted by molar-refractivity contribution is 5.81. The van der Waals surface area contributed by atoms with Gasteiger partial charge in [-0.05, 0) is 61.6 Å². The molecule has 1 amide bonds. The van der Waals surface area contributed by atoms with E-state index in [9.17, 15) is 14.7 Å². The molecule has 0 aromatic carbocycles. The van der Waals surface area contributed by atoms with Gasteiger partial charge >= 0.3 is 0 Å². The Kier molecular flexibility index (Phi) is 8.62. The normalized spacial score (nSPS) is 15.7. The Morgan fingerprint density at radius 2 is 1.98 bits per heavy atom. The molecule has 0 bridgehead atoms. The summed E-state index contributed by atoms with van der Waals surface area (Å²) in [6.07, 6.45) is 6.19. The van der Waals surface area contributed by atoms with Crippen LogP contribution >= 0.6 is 0 Å². The predicted molar refractivity (Wildman–Crippen MR) is 177 cm³/mol. The van der Waals surface area contributed by atoms with Crippen molar-refractivity contribution < 1.29 is 14.6 Å². The monoisotopic (exact) mass is 628 g/mol. The standard InChI is InChI=1S/C34H44N8O4/c1-22-11-23-14-34(2,3)15-30(23)42(22)10-9-41(21-44)32-28(18-43)27(7-8-35-32)24-12-29(33(45)39(5)16-24)36-31-13-25(40(6)37-31)17-38(4)26-19-46-20-26/h7-8,11-13,16,21,26,43H,9-10,14-15,17-20H2,1-6H3,(H,36,37). The van der Waals surface area contributed by atoms with Gasteiger partial charge in [0, 0.05) is 74.7 Å². The van der Waals surface area contributed by atoms with Gasteiger partial charge in [-0.1, -0.05) is 13.8 Å². The maximum absolute atomic E-state index is 13.2. The van der Waals surface area contributed by atoms with Gasteiger partial charge in [0.1, 0.15) is 11.5 Å². The topological polar surface area (TPSA) is 123 Å². The molecule has 0 unspecified atom stereocenters. The summed E-state index contributed by atoms with van der Waals surface area (Å²) in [7, 11) is 5.64. The van der Waals surface area contributed by atoms with Gasteiger partial charge in [0.2, 0.25) is 6.41 Å². The molecule has 12 heteroatoms. The number of pyridine rings is 2. The Balaban J connectivity index is 1.26. The number of ether oxygens (including phenoxy) is 1. The van der Waals surface area contributed by atoms with E-state index >= 15 is 0 Å². The maximum Gasteiger partial charge on any atom is 0.274 e. The van der Waals surface area contributed by atoms with E-state index in [1.54, 1.807) is 36.5 Å². The van der Waals surface area contributed by atoms with Crippen molar-refractivity contribution in [1.29, 1.82) is 0 Å². The van der Waals surface area contributed by atoms with E-state index < -0.39 is 0 Å². The number of aryl methyl sites for hydroxylation is 3. The number of aliphatic hydroxyl groups excluding tert-OH is 1. The number of anilines is 3. The summed E-state index contributed by atoms with van der Waals surface area (Å²) in [6, 6.07) is 8.14. The van der Waals surface area contributed by atoms with Gasteiger partial charge in [0.25, 0.3) is 5.56 Å². The maximum atomic E-state index is 13.2. The number of aromatic nitrogens is 5.